The van der Waals surface area contributed by atoms with Gasteiger partial charge in [-0.2, -0.15) is 0 Å². The number of fused-ring (bicyclic) bond motifs is 1. The number of nitrogens with two attached hydrogens (primary N) is 1. The van der Waals surface area contributed by atoms with Gasteiger partial charge in [0.1, 0.15) is 11.2 Å². The molecule has 3 aromatic rings. The van der Waals surface area contributed by atoms with Crippen molar-refractivity contribution in [1.82, 2.24) is 14.9 Å². The summed E-state index contributed by atoms with van der Waals surface area (Å²) in [6.07, 6.45) is 4.00. The fourth-order valence-corrected chi connectivity index (χ4v) is 4.58. The van der Waals surface area contributed by atoms with Crippen molar-refractivity contribution in [2.24, 2.45) is 5.73 Å². The summed E-state index contributed by atoms with van der Waals surface area (Å²) in [6.45, 7) is 0.815. The first-order chi connectivity index (χ1) is 16.8. The number of aromatic nitrogens is 2. The van der Waals surface area contributed by atoms with Gasteiger partial charge in [-0.3, -0.25) is 9.59 Å². The molecule has 4 N–H and O–H groups in total. The zero-order valence-corrected chi connectivity index (χ0v) is 19.0. The van der Waals surface area contributed by atoms with Crippen LogP contribution in [0.5, 0.6) is 0 Å². The maximum atomic E-state index is 15.1. The average Bonchev–Trinajstić information content (AvgIpc) is 3.58. The number of hydrogen-bond acceptors (Lipinski definition) is 6. The second-order valence-corrected chi connectivity index (χ2v) is 9.22. The summed E-state index contributed by atoms with van der Waals surface area (Å²) in [5, 5.41) is 12.3. The maximum Gasteiger partial charge on any atom is 0.341 e. The molecule has 2 aromatic heterocycles. The second-order valence-electron chi connectivity index (χ2n) is 9.22. The van der Waals surface area contributed by atoms with Crippen LogP contribution in [0.25, 0.3) is 11.0 Å². The molecule has 1 aliphatic carbocycles. The standard InChI is InChI=1S/C25H26FN5O4/c26-19-11-17-21(32)18(25(34)35)13-31(16-6-7-16)22(17)29-23(19)30-9-8-15(12-30)28-24(33)20(27)10-14-4-2-1-3-5-14/h1-5,11,13,15-16,20H,6-10,12,27H2,(H,28,33)(H,34,35)/t15-,20+/m0/s1. The number of benzene rings is 1. The van der Waals surface area contributed by atoms with Crippen molar-refractivity contribution < 1.29 is 19.1 Å². The zero-order valence-electron chi connectivity index (χ0n) is 19.0. The van der Waals surface area contributed by atoms with Gasteiger partial charge in [0.25, 0.3) is 0 Å². The topological polar surface area (TPSA) is 131 Å². The van der Waals surface area contributed by atoms with E-state index in [0.29, 0.717) is 25.9 Å². The van der Waals surface area contributed by atoms with Crippen LogP contribution in [0.4, 0.5) is 10.2 Å². The number of aromatic carboxylic acids is 1. The van der Waals surface area contributed by atoms with Crippen LogP contribution in [0.2, 0.25) is 0 Å². The SMILES string of the molecule is N[C@H](Cc1ccccc1)C(=O)N[C@H]1CCN(c2nc3c(cc2F)c(=O)c(C(=O)O)cn3C2CC2)C1. The summed E-state index contributed by atoms with van der Waals surface area (Å²) in [7, 11) is 0. The lowest BCUT2D eigenvalue weighted by atomic mass is 10.1. The molecule has 0 spiro atoms. The number of carboxylic acids is 1. The molecule has 1 aliphatic heterocycles. The Balaban J connectivity index is 1.35. The Morgan fingerprint density at radius 3 is 2.66 bits per heavy atom. The van der Waals surface area contributed by atoms with Crippen molar-refractivity contribution in [2.45, 2.75) is 43.8 Å². The van der Waals surface area contributed by atoms with Gasteiger partial charge < -0.3 is 25.6 Å². The Hall–Kier alpha value is -3.79. The highest BCUT2D eigenvalue weighted by atomic mass is 19.1. The van der Waals surface area contributed by atoms with Gasteiger partial charge in [0.15, 0.2) is 11.6 Å². The first-order valence-electron chi connectivity index (χ1n) is 11.7. The molecule has 2 fully saturated rings. The first-order valence-corrected chi connectivity index (χ1v) is 11.7. The van der Waals surface area contributed by atoms with E-state index in [1.54, 1.807) is 9.47 Å². The Morgan fingerprint density at radius 2 is 1.97 bits per heavy atom. The molecule has 0 bridgehead atoms. The van der Waals surface area contributed by atoms with E-state index >= 15 is 4.39 Å². The summed E-state index contributed by atoms with van der Waals surface area (Å²) in [5.41, 5.74) is 6.19. The van der Waals surface area contributed by atoms with E-state index in [9.17, 15) is 19.5 Å². The van der Waals surface area contributed by atoms with E-state index in [0.717, 1.165) is 24.5 Å². The Labute approximate surface area is 200 Å². The lowest BCUT2D eigenvalue weighted by Crippen LogP contribution is -2.47. The molecular formula is C25H26FN5O4. The summed E-state index contributed by atoms with van der Waals surface area (Å²) in [4.78, 5) is 43.0. The van der Waals surface area contributed by atoms with Crippen molar-refractivity contribution in [3.8, 4) is 0 Å². The number of amides is 1. The van der Waals surface area contributed by atoms with Crippen LogP contribution in [0, 0.1) is 5.82 Å². The predicted octanol–water partition coefficient (Wildman–Crippen LogP) is 1.83. The van der Waals surface area contributed by atoms with Gasteiger partial charge in [0, 0.05) is 31.4 Å². The molecule has 9 nitrogen and oxygen atoms in total. The van der Waals surface area contributed by atoms with Crippen molar-refractivity contribution in [3.63, 3.8) is 0 Å². The maximum absolute atomic E-state index is 15.1. The van der Waals surface area contributed by atoms with E-state index in [4.69, 9.17) is 5.73 Å². The van der Waals surface area contributed by atoms with Crippen molar-refractivity contribution >= 4 is 28.7 Å². The number of carbonyl (C=O) groups is 2. The minimum atomic E-state index is -1.35. The van der Waals surface area contributed by atoms with E-state index in [-0.39, 0.29) is 34.8 Å². The molecule has 0 unspecified atom stereocenters. The number of halogens is 1. The van der Waals surface area contributed by atoms with Gasteiger partial charge in [-0.15, -0.1) is 0 Å². The van der Waals surface area contributed by atoms with E-state index in [2.05, 4.69) is 10.3 Å². The number of carbonyl (C=O) groups excluding carboxylic acids is 1. The minimum absolute atomic E-state index is 0.0405. The molecule has 5 rings (SSSR count). The number of anilines is 1. The number of nitrogens with one attached hydrogen (secondary N) is 1. The van der Waals surface area contributed by atoms with Gasteiger partial charge in [0.05, 0.1) is 11.4 Å². The highest BCUT2D eigenvalue weighted by Crippen LogP contribution is 2.37. The summed E-state index contributed by atoms with van der Waals surface area (Å²) >= 11 is 0. The van der Waals surface area contributed by atoms with Gasteiger partial charge in [-0.25, -0.2) is 14.2 Å². The van der Waals surface area contributed by atoms with Gasteiger partial charge in [-0.05, 0) is 37.3 Å². The monoisotopic (exact) mass is 479 g/mol. The zero-order chi connectivity index (χ0) is 24.7. The normalized spacial score (nSPS) is 18.6. The molecule has 0 radical (unpaired) electrons. The first kappa shape index (κ1) is 23.0. The lowest BCUT2D eigenvalue weighted by Gasteiger charge is -2.21. The van der Waals surface area contributed by atoms with E-state index in [1.165, 1.54) is 6.20 Å². The third-order valence-electron chi connectivity index (χ3n) is 6.58. The molecule has 3 heterocycles. The Bertz CT molecular complexity index is 1360. The largest absolute Gasteiger partial charge is 0.477 e. The summed E-state index contributed by atoms with van der Waals surface area (Å²) < 4.78 is 16.8. The number of carboxylic acid groups (broad SMARTS) is 1. The quantitative estimate of drug-likeness (QED) is 0.471. The molecule has 1 amide bonds. The van der Waals surface area contributed by atoms with E-state index in [1.807, 2.05) is 30.3 Å². The van der Waals surface area contributed by atoms with Crippen LogP contribution >= 0.6 is 0 Å². The number of pyridine rings is 2. The molecule has 35 heavy (non-hydrogen) atoms. The fraction of sp³-hybridized carbons (Fsp3) is 0.360. The Morgan fingerprint density at radius 1 is 1.23 bits per heavy atom. The molecule has 182 valence electrons. The van der Waals surface area contributed by atoms with Gasteiger partial charge in [-0.1, -0.05) is 30.3 Å². The highest BCUT2D eigenvalue weighted by Gasteiger charge is 2.31. The molecule has 1 saturated heterocycles. The lowest BCUT2D eigenvalue weighted by molar-refractivity contribution is -0.122. The molecule has 2 atom stereocenters. The van der Waals surface area contributed by atoms with Crippen LogP contribution in [-0.4, -0.2) is 51.7 Å². The smallest absolute Gasteiger partial charge is 0.341 e. The van der Waals surface area contributed by atoms with Crippen molar-refractivity contribution in [3.05, 3.63) is 69.8 Å². The number of nitrogens with zero attached hydrogens (tertiary/aromatic N) is 3. The van der Waals surface area contributed by atoms with Crippen LogP contribution in [-0.2, 0) is 11.2 Å². The molecule has 10 heteroatoms. The molecule has 1 aromatic carbocycles. The van der Waals surface area contributed by atoms with Gasteiger partial charge in [0.2, 0.25) is 11.3 Å². The number of rotatable bonds is 7. The number of hydrogen-bond donors (Lipinski definition) is 3. The molecular weight excluding hydrogens is 453 g/mol. The highest BCUT2D eigenvalue weighted by molar-refractivity contribution is 5.92. The van der Waals surface area contributed by atoms with Crippen molar-refractivity contribution in [2.75, 3.05) is 18.0 Å². The van der Waals surface area contributed by atoms with Crippen LogP contribution in [0.15, 0.2) is 47.4 Å². The van der Waals surface area contributed by atoms with Crippen molar-refractivity contribution in [1.29, 1.82) is 0 Å². The predicted molar refractivity (Wildman–Crippen MR) is 128 cm³/mol. The molecule has 2 aliphatic rings. The fourth-order valence-electron chi connectivity index (χ4n) is 4.58. The third kappa shape index (κ3) is 4.61. The Kier molecular flexibility index (Phi) is 5.98. The third-order valence-corrected chi connectivity index (χ3v) is 6.58. The van der Waals surface area contributed by atoms with Crippen LogP contribution in [0.1, 0.15) is 41.2 Å². The average molecular weight is 480 g/mol. The van der Waals surface area contributed by atoms with Crippen LogP contribution < -0.4 is 21.4 Å². The molecule has 1 saturated carbocycles. The summed E-state index contributed by atoms with van der Waals surface area (Å²) in [6, 6.07) is 9.72. The minimum Gasteiger partial charge on any atom is -0.477 e. The van der Waals surface area contributed by atoms with Crippen LogP contribution in [0.3, 0.4) is 0 Å². The van der Waals surface area contributed by atoms with Gasteiger partial charge >= 0.3 is 5.97 Å². The summed E-state index contributed by atoms with van der Waals surface area (Å²) in [5.74, 6) is -2.23. The second kappa shape index (κ2) is 9.10. The van der Waals surface area contributed by atoms with E-state index < -0.39 is 28.8 Å².